The van der Waals surface area contributed by atoms with Crippen molar-refractivity contribution in [2.45, 2.75) is 51.7 Å². The molecule has 3 rings (SSSR count). The largest absolute Gasteiger partial charge is 0.504 e. The van der Waals surface area contributed by atoms with Gasteiger partial charge in [-0.2, -0.15) is 0 Å². The summed E-state index contributed by atoms with van der Waals surface area (Å²) in [6, 6.07) is 3.66. The van der Waals surface area contributed by atoms with Gasteiger partial charge in [-0.1, -0.05) is 19.4 Å². The molecule has 0 bridgehead atoms. The summed E-state index contributed by atoms with van der Waals surface area (Å²) in [5.41, 5.74) is 1.45. The summed E-state index contributed by atoms with van der Waals surface area (Å²) in [5.74, 6) is 0.360. The van der Waals surface area contributed by atoms with Gasteiger partial charge in [0.05, 0.1) is 18.7 Å². The van der Waals surface area contributed by atoms with E-state index in [4.69, 9.17) is 9.47 Å². The molecule has 1 aliphatic heterocycles. The van der Waals surface area contributed by atoms with Crippen LogP contribution in [0.4, 0.5) is 4.79 Å². The Kier molecular flexibility index (Phi) is 5.58. The number of phenolic OH excluding ortho intramolecular Hbond substituents is 1. The Morgan fingerprint density at radius 3 is 2.78 bits per heavy atom. The third-order valence-electron chi connectivity index (χ3n) is 5.19. The Morgan fingerprint density at radius 1 is 1.30 bits per heavy atom. The molecule has 7 heteroatoms. The highest BCUT2D eigenvalue weighted by Crippen LogP contribution is 2.34. The van der Waals surface area contributed by atoms with Crippen molar-refractivity contribution in [2.75, 3.05) is 7.11 Å². The maximum absolute atomic E-state index is 12.9. The molecule has 1 aromatic rings. The zero-order chi connectivity index (χ0) is 19.6. The second-order valence-corrected chi connectivity index (χ2v) is 7.30. The number of hydrogen-bond donors (Lipinski definition) is 3. The SMILES string of the molecule is COc1cc([C@H]2NC(=O)NC(C)=C2C(=O)O[C@@H]2CCC[C@@H](C)C2)ccc1O. The normalized spacial score (nSPS) is 25.4. The number of aromatic hydroxyl groups is 1. The molecule has 0 unspecified atom stereocenters. The average Bonchev–Trinajstić information content (AvgIpc) is 2.61. The fraction of sp³-hybridized carbons (Fsp3) is 0.500. The number of allylic oxidation sites excluding steroid dienone is 1. The van der Waals surface area contributed by atoms with E-state index >= 15 is 0 Å². The van der Waals surface area contributed by atoms with Crippen molar-refractivity contribution >= 4 is 12.0 Å². The van der Waals surface area contributed by atoms with Gasteiger partial charge in [0.25, 0.3) is 0 Å². The topological polar surface area (TPSA) is 96.9 Å². The number of hydrogen-bond acceptors (Lipinski definition) is 5. The lowest BCUT2D eigenvalue weighted by Crippen LogP contribution is -2.45. The van der Waals surface area contributed by atoms with E-state index in [1.165, 1.54) is 13.2 Å². The minimum absolute atomic E-state index is 0.0115. The van der Waals surface area contributed by atoms with Crippen molar-refractivity contribution in [3.8, 4) is 11.5 Å². The van der Waals surface area contributed by atoms with Crippen LogP contribution in [0.5, 0.6) is 11.5 Å². The average molecular weight is 374 g/mol. The lowest BCUT2D eigenvalue weighted by Gasteiger charge is -2.31. The van der Waals surface area contributed by atoms with E-state index < -0.39 is 18.0 Å². The van der Waals surface area contributed by atoms with E-state index in [2.05, 4.69) is 17.6 Å². The molecule has 27 heavy (non-hydrogen) atoms. The monoisotopic (exact) mass is 374 g/mol. The molecular formula is C20H26N2O5. The molecule has 0 spiro atoms. The number of rotatable bonds is 4. The van der Waals surface area contributed by atoms with Gasteiger partial charge in [0.2, 0.25) is 0 Å². The highest BCUT2D eigenvalue weighted by atomic mass is 16.5. The van der Waals surface area contributed by atoms with Gasteiger partial charge in [-0.25, -0.2) is 9.59 Å². The minimum atomic E-state index is -0.679. The highest BCUT2D eigenvalue weighted by Gasteiger charge is 2.34. The summed E-state index contributed by atoms with van der Waals surface area (Å²) in [5, 5.41) is 15.2. The van der Waals surface area contributed by atoms with E-state index in [0.717, 1.165) is 25.7 Å². The third-order valence-corrected chi connectivity index (χ3v) is 5.19. The molecule has 1 heterocycles. The molecule has 1 fully saturated rings. The van der Waals surface area contributed by atoms with Gasteiger partial charge < -0.3 is 25.2 Å². The van der Waals surface area contributed by atoms with E-state index in [-0.39, 0.29) is 17.6 Å². The molecule has 1 aromatic carbocycles. The number of carbonyl (C=O) groups excluding carboxylic acids is 2. The first-order valence-corrected chi connectivity index (χ1v) is 9.25. The number of urea groups is 1. The van der Waals surface area contributed by atoms with Crippen LogP contribution in [-0.2, 0) is 9.53 Å². The van der Waals surface area contributed by atoms with E-state index in [0.29, 0.717) is 22.8 Å². The molecule has 2 amide bonds. The van der Waals surface area contributed by atoms with Crippen LogP contribution >= 0.6 is 0 Å². The van der Waals surface area contributed by atoms with Crippen LogP contribution in [0.2, 0.25) is 0 Å². The maximum Gasteiger partial charge on any atom is 0.338 e. The summed E-state index contributed by atoms with van der Waals surface area (Å²) < 4.78 is 10.9. The zero-order valence-electron chi connectivity index (χ0n) is 15.9. The van der Waals surface area contributed by atoms with Crippen molar-refractivity contribution < 1.29 is 24.2 Å². The number of phenols is 1. The number of nitrogens with one attached hydrogen (secondary N) is 2. The second kappa shape index (κ2) is 7.90. The van der Waals surface area contributed by atoms with Gasteiger partial charge in [0.15, 0.2) is 11.5 Å². The molecule has 7 nitrogen and oxygen atoms in total. The number of ether oxygens (including phenoxy) is 2. The maximum atomic E-state index is 12.9. The predicted octanol–water partition coefficient (Wildman–Crippen LogP) is 3.15. The van der Waals surface area contributed by atoms with Gasteiger partial charge in [-0.3, -0.25) is 0 Å². The van der Waals surface area contributed by atoms with Crippen LogP contribution < -0.4 is 15.4 Å². The van der Waals surface area contributed by atoms with Crippen molar-refractivity contribution in [3.63, 3.8) is 0 Å². The molecule has 0 radical (unpaired) electrons. The van der Waals surface area contributed by atoms with Crippen molar-refractivity contribution in [2.24, 2.45) is 5.92 Å². The summed E-state index contributed by atoms with van der Waals surface area (Å²) >= 11 is 0. The van der Waals surface area contributed by atoms with E-state index in [1.54, 1.807) is 19.1 Å². The van der Waals surface area contributed by atoms with Crippen molar-refractivity contribution in [3.05, 3.63) is 35.0 Å². The fourth-order valence-corrected chi connectivity index (χ4v) is 3.79. The minimum Gasteiger partial charge on any atom is -0.504 e. The van der Waals surface area contributed by atoms with Gasteiger partial charge >= 0.3 is 12.0 Å². The molecule has 0 saturated heterocycles. The Labute approximate surface area is 158 Å². The van der Waals surface area contributed by atoms with Crippen LogP contribution in [0, 0.1) is 5.92 Å². The molecule has 2 aliphatic rings. The van der Waals surface area contributed by atoms with Crippen LogP contribution in [0.1, 0.15) is 51.1 Å². The Hall–Kier alpha value is -2.70. The number of methoxy groups -OCH3 is 1. The van der Waals surface area contributed by atoms with Crippen molar-refractivity contribution in [1.29, 1.82) is 0 Å². The predicted molar refractivity (Wildman–Crippen MR) is 99.3 cm³/mol. The lowest BCUT2D eigenvalue weighted by atomic mass is 9.88. The van der Waals surface area contributed by atoms with Crippen LogP contribution in [0.15, 0.2) is 29.5 Å². The second-order valence-electron chi connectivity index (χ2n) is 7.30. The first-order valence-electron chi connectivity index (χ1n) is 9.25. The Balaban J connectivity index is 1.88. The van der Waals surface area contributed by atoms with E-state index in [9.17, 15) is 14.7 Å². The van der Waals surface area contributed by atoms with Gasteiger partial charge in [-0.15, -0.1) is 0 Å². The molecule has 1 saturated carbocycles. The summed E-state index contributed by atoms with van der Waals surface area (Å²) in [4.78, 5) is 24.9. The van der Waals surface area contributed by atoms with Crippen LogP contribution in [-0.4, -0.2) is 30.3 Å². The number of benzene rings is 1. The van der Waals surface area contributed by atoms with Gasteiger partial charge in [-0.05, 0) is 49.8 Å². The fourth-order valence-electron chi connectivity index (χ4n) is 3.79. The number of carbonyl (C=O) groups is 2. The third kappa shape index (κ3) is 4.18. The molecule has 0 aromatic heterocycles. The standard InChI is InChI=1S/C20H26N2O5/c1-11-5-4-6-14(9-11)27-19(24)17-12(2)21-20(25)22-18(17)13-7-8-15(23)16(10-13)26-3/h7-8,10-11,14,18,23H,4-6,9H2,1-3H3,(H2,21,22,25)/t11-,14-,18-/m1/s1. The summed E-state index contributed by atoms with van der Waals surface area (Å²) in [6.45, 7) is 3.85. The molecule has 146 valence electrons. The smallest absolute Gasteiger partial charge is 0.338 e. The number of esters is 1. The lowest BCUT2D eigenvalue weighted by molar-refractivity contribution is -0.146. The van der Waals surface area contributed by atoms with Crippen LogP contribution in [0.3, 0.4) is 0 Å². The highest BCUT2D eigenvalue weighted by molar-refractivity contribution is 5.95. The number of amides is 2. The zero-order valence-corrected chi connectivity index (χ0v) is 15.9. The van der Waals surface area contributed by atoms with Gasteiger partial charge in [0, 0.05) is 5.70 Å². The molecule has 3 atom stereocenters. The summed E-state index contributed by atoms with van der Waals surface area (Å²) in [6.07, 6.45) is 3.82. The molecule has 3 N–H and O–H groups in total. The molecule has 1 aliphatic carbocycles. The van der Waals surface area contributed by atoms with Crippen molar-refractivity contribution in [1.82, 2.24) is 10.6 Å². The van der Waals surface area contributed by atoms with E-state index in [1.807, 2.05) is 0 Å². The quantitative estimate of drug-likeness (QED) is 0.704. The first kappa shape index (κ1) is 19.1. The van der Waals surface area contributed by atoms with Gasteiger partial charge in [0.1, 0.15) is 6.10 Å². The first-order chi connectivity index (χ1) is 12.9. The molecular weight excluding hydrogens is 348 g/mol. The summed E-state index contributed by atoms with van der Waals surface area (Å²) in [7, 11) is 1.44. The van der Waals surface area contributed by atoms with Crippen LogP contribution in [0.25, 0.3) is 0 Å². The Morgan fingerprint density at radius 2 is 2.07 bits per heavy atom. The Bertz CT molecular complexity index is 774.